The highest BCUT2D eigenvalue weighted by molar-refractivity contribution is 7.92. The van der Waals surface area contributed by atoms with Crippen molar-refractivity contribution in [2.75, 3.05) is 29.8 Å². The molecule has 0 aliphatic carbocycles. The van der Waals surface area contributed by atoms with Gasteiger partial charge in [-0.25, -0.2) is 8.42 Å². The highest BCUT2D eigenvalue weighted by Crippen LogP contribution is 2.35. The number of sulfonamides is 1. The standard InChI is InChI=1S/C27H37N3O6S/c1-6-23(27(32)28-19(3)4)29(17-21-10-8-9-20(5)15-21)26(31)18-30(37(33,34)7-2)22-11-12-24-25(16-22)36-14-13-35-24/h8-12,15-16,19,23H,6-7,13-14,17-18H2,1-5H3,(H,28,32)/t23-/m1/s1. The van der Waals surface area contributed by atoms with E-state index in [4.69, 9.17) is 9.47 Å². The highest BCUT2D eigenvalue weighted by Gasteiger charge is 2.33. The fraction of sp³-hybridized carbons (Fsp3) is 0.481. The van der Waals surface area contributed by atoms with Crippen LogP contribution in [0.4, 0.5) is 5.69 Å². The number of rotatable bonds is 11. The fourth-order valence-electron chi connectivity index (χ4n) is 4.21. The predicted molar refractivity (Wildman–Crippen MR) is 143 cm³/mol. The largest absolute Gasteiger partial charge is 0.486 e. The van der Waals surface area contributed by atoms with Gasteiger partial charge < -0.3 is 19.7 Å². The van der Waals surface area contributed by atoms with Crippen molar-refractivity contribution in [1.82, 2.24) is 10.2 Å². The van der Waals surface area contributed by atoms with Crippen LogP contribution in [-0.2, 0) is 26.2 Å². The van der Waals surface area contributed by atoms with Crippen molar-refractivity contribution in [3.8, 4) is 11.5 Å². The maximum Gasteiger partial charge on any atom is 0.244 e. The topological polar surface area (TPSA) is 105 Å². The lowest BCUT2D eigenvalue weighted by atomic mass is 10.1. The van der Waals surface area contributed by atoms with E-state index in [0.29, 0.717) is 36.8 Å². The number of ether oxygens (including phenoxy) is 2. The number of aryl methyl sites for hydroxylation is 1. The molecule has 2 aromatic carbocycles. The van der Waals surface area contributed by atoms with Crippen molar-refractivity contribution in [1.29, 1.82) is 0 Å². The van der Waals surface area contributed by atoms with Gasteiger partial charge in [-0.3, -0.25) is 13.9 Å². The van der Waals surface area contributed by atoms with E-state index in [1.807, 2.05) is 52.0 Å². The average molecular weight is 532 g/mol. The highest BCUT2D eigenvalue weighted by atomic mass is 32.2. The summed E-state index contributed by atoms with van der Waals surface area (Å²) in [6.07, 6.45) is 0.376. The number of fused-ring (bicyclic) bond motifs is 1. The third-order valence-electron chi connectivity index (χ3n) is 6.05. The van der Waals surface area contributed by atoms with Crippen LogP contribution in [0.3, 0.4) is 0 Å². The molecule has 9 nitrogen and oxygen atoms in total. The van der Waals surface area contributed by atoms with E-state index in [1.54, 1.807) is 18.2 Å². The third kappa shape index (κ3) is 7.15. The van der Waals surface area contributed by atoms with E-state index in [1.165, 1.54) is 11.8 Å². The van der Waals surface area contributed by atoms with E-state index < -0.39 is 28.5 Å². The smallest absolute Gasteiger partial charge is 0.244 e. The molecule has 2 amide bonds. The monoisotopic (exact) mass is 531 g/mol. The molecule has 2 aromatic rings. The molecule has 1 aliphatic heterocycles. The first kappa shape index (κ1) is 28.3. The molecule has 0 saturated carbocycles. The van der Waals surface area contributed by atoms with Crippen LogP contribution in [0, 0.1) is 6.92 Å². The number of carbonyl (C=O) groups is 2. The van der Waals surface area contributed by atoms with Crippen LogP contribution in [-0.4, -0.2) is 62.7 Å². The zero-order valence-electron chi connectivity index (χ0n) is 22.2. The van der Waals surface area contributed by atoms with Gasteiger partial charge in [0.2, 0.25) is 21.8 Å². The number of amides is 2. The summed E-state index contributed by atoms with van der Waals surface area (Å²) in [7, 11) is -3.83. The Kier molecular flexibility index (Phi) is 9.42. The molecule has 0 bridgehead atoms. The lowest BCUT2D eigenvalue weighted by molar-refractivity contribution is -0.140. The van der Waals surface area contributed by atoms with Gasteiger partial charge in [-0.2, -0.15) is 0 Å². The molecule has 3 rings (SSSR count). The summed E-state index contributed by atoms with van der Waals surface area (Å²) in [6, 6.07) is 11.6. The van der Waals surface area contributed by atoms with Crippen LogP contribution in [0.25, 0.3) is 0 Å². The Morgan fingerprint density at radius 2 is 1.73 bits per heavy atom. The molecule has 0 spiro atoms. The molecular weight excluding hydrogens is 494 g/mol. The molecule has 1 atom stereocenters. The van der Waals surface area contributed by atoms with Crippen molar-refractivity contribution in [2.24, 2.45) is 0 Å². The van der Waals surface area contributed by atoms with E-state index in [-0.39, 0.29) is 24.2 Å². The van der Waals surface area contributed by atoms with E-state index in [9.17, 15) is 18.0 Å². The predicted octanol–water partition coefficient (Wildman–Crippen LogP) is 3.25. The Labute approximate surface area is 219 Å². The number of anilines is 1. The number of hydrogen-bond acceptors (Lipinski definition) is 6. The Bertz CT molecular complexity index is 1210. The molecular formula is C27H37N3O6S. The molecule has 202 valence electrons. The molecule has 0 radical (unpaired) electrons. The van der Waals surface area contributed by atoms with Gasteiger partial charge in [-0.1, -0.05) is 36.8 Å². The second kappa shape index (κ2) is 12.3. The minimum Gasteiger partial charge on any atom is -0.486 e. The quantitative estimate of drug-likeness (QED) is 0.477. The van der Waals surface area contributed by atoms with Gasteiger partial charge in [0.1, 0.15) is 25.8 Å². The summed E-state index contributed by atoms with van der Waals surface area (Å²) in [6.45, 7) is 9.51. The first-order valence-electron chi connectivity index (χ1n) is 12.6. The van der Waals surface area contributed by atoms with Crippen LogP contribution in [0.15, 0.2) is 42.5 Å². The molecule has 0 unspecified atom stereocenters. The van der Waals surface area contributed by atoms with Crippen molar-refractivity contribution in [3.05, 3.63) is 53.6 Å². The van der Waals surface area contributed by atoms with E-state index >= 15 is 0 Å². The molecule has 0 aromatic heterocycles. The maximum atomic E-state index is 13.8. The number of nitrogens with zero attached hydrogens (tertiary/aromatic N) is 2. The summed E-state index contributed by atoms with van der Waals surface area (Å²) in [5.41, 5.74) is 2.18. The number of carbonyl (C=O) groups excluding carboxylic acids is 2. The maximum absolute atomic E-state index is 13.8. The second-order valence-electron chi connectivity index (χ2n) is 9.33. The van der Waals surface area contributed by atoms with Gasteiger partial charge in [0.15, 0.2) is 11.5 Å². The summed E-state index contributed by atoms with van der Waals surface area (Å²) in [4.78, 5) is 28.4. The van der Waals surface area contributed by atoms with E-state index in [2.05, 4.69) is 5.32 Å². The zero-order chi connectivity index (χ0) is 27.2. The molecule has 1 heterocycles. The first-order chi connectivity index (χ1) is 17.6. The molecule has 1 aliphatic rings. The molecule has 0 fully saturated rings. The fourth-order valence-corrected chi connectivity index (χ4v) is 5.27. The van der Waals surface area contributed by atoms with Crippen LogP contribution in [0.2, 0.25) is 0 Å². The van der Waals surface area contributed by atoms with Crippen molar-refractivity contribution < 1.29 is 27.5 Å². The van der Waals surface area contributed by atoms with Crippen LogP contribution in [0.5, 0.6) is 11.5 Å². The Morgan fingerprint density at radius 3 is 2.35 bits per heavy atom. The number of hydrogen-bond donors (Lipinski definition) is 1. The van der Waals surface area contributed by atoms with Crippen LogP contribution in [0.1, 0.15) is 45.2 Å². The molecule has 37 heavy (non-hydrogen) atoms. The van der Waals surface area contributed by atoms with Crippen molar-refractivity contribution in [2.45, 2.75) is 59.7 Å². The van der Waals surface area contributed by atoms with E-state index in [0.717, 1.165) is 15.4 Å². The molecule has 1 N–H and O–H groups in total. The van der Waals surface area contributed by atoms with Gasteiger partial charge >= 0.3 is 0 Å². The summed E-state index contributed by atoms with van der Waals surface area (Å²) in [5, 5.41) is 2.89. The number of benzene rings is 2. The zero-order valence-corrected chi connectivity index (χ0v) is 23.0. The SMILES string of the molecule is CC[C@H](C(=O)NC(C)C)N(Cc1cccc(C)c1)C(=O)CN(c1ccc2c(c1)OCCO2)S(=O)(=O)CC. The third-order valence-corrected chi connectivity index (χ3v) is 7.79. The van der Waals surface area contributed by atoms with Crippen molar-refractivity contribution in [3.63, 3.8) is 0 Å². The lowest BCUT2D eigenvalue weighted by Gasteiger charge is -2.33. The minimum atomic E-state index is -3.83. The molecule has 0 saturated heterocycles. The van der Waals surface area contributed by atoms with Gasteiger partial charge in [0.05, 0.1) is 11.4 Å². The Hall–Kier alpha value is -3.27. The van der Waals surface area contributed by atoms with Crippen LogP contribution < -0.4 is 19.1 Å². The average Bonchev–Trinajstić information content (AvgIpc) is 2.86. The van der Waals surface area contributed by atoms with Gasteiger partial charge in [-0.05, 0) is 51.8 Å². The second-order valence-corrected chi connectivity index (χ2v) is 11.5. The van der Waals surface area contributed by atoms with Gasteiger partial charge in [0, 0.05) is 18.7 Å². The minimum absolute atomic E-state index is 0.104. The number of nitrogens with one attached hydrogen (secondary N) is 1. The molecule has 10 heteroatoms. The first-order valence-corrected chi connectivity index (χ1v) is 14.2. The van der Waals surface area contributed by atoms with Gasteiger partial charge in [0.25, 0.3) is 0 Å². The lowest BCUT2D eigenvalue weighted by Crippen LogP contribution is -2.53. The van der Waals surface area contributed by atoms with Crippen molar-refractivity contribution >= 4 is 27.5 Å². The summed E-state index contributed by atoms with van der Waals surface area (Å²) >= 11 is 0. The summed E-state index contributed by atoms with van der Waals surface area (Å²) < 4.78 is 38.6. The van der Waals surface area contributed by atoms with Crippen LogP contribution >= 0.6 is 0 Å². The summed E-state index contributed by atoms with van der Waals surface area (Å²) in [5.74, 6) is -0.00102. The Morgan fingerprint density at radius 1 is 1.03 bits per heavy atom. The van der Waals surface area contributed by atoms with Gasteiger partial charge in [-0.15, -0.1) is 0 Å². The normalized spacial score (nSPS) is 13.7. The Balaban J connectivity index is 1.98.